The second-order valence-corrected chi connectivity index (χ2v) is 9.68. The lowest BCUT2D eigenvalue weighted by Gasteiger charge is -2.43. The largest absolute Gasteiger partial charge is 0.417 e. The molecule has 1 unspecified atom stereocenters. The zero-order valence-corrected chi connectivity index (χ0v) is 19.6. The molecule has 4 heterocycles. The van der Waals surface area contributed by atoms with Gasteiger partial charge in [-0.2, -0.15) is 13.2 Å². The first-order valence-electron chi connectivity index (χ1n) is 10.8. The molecule has 0 aromatic carbocycles. The molecule has 1 fully saturated rings. The highest BCUT2D eigenvalue weighted by atomic mass is 32.1. The van der Waals surface area contributed by atoms with E-state index in [0.717, 1.165) is 11.0 Å². The fourth-order valence-corrected chi connectivity index (χ4v) is 5.02. The van der Waals surface area contributed by atoms with Crippen LogP contribution in [-0.4, -0.2) is 50.8 Å². The molecule has 3 aromatic rings. The summed E-state index contributed by atoms with van der Waals surface area (Å²) >= 11 is 1.25. The number of likely N-dealkylation sites (tertiary alicyclic amines) is 1. The minimum Gasteiger partial charge on any atom is -0.368 e. The van der Waals surface area contributed by atoms with Crippen LogP contribution in [0, 0.1) is 12.8 Å². The van der Waals surface area contributed by atoms with Crippen molar-refractivity contribution in [1.29, 1.82) is 0 Å². The number of anilines is 1. The molecular formula is C23H22F5N5OS. The number of carbonyl (C=O) groups is 1. The van der Waals surface area contributed by atoms with Gasteiger partial charge in [-0.3, -0.25) is 9.78 Å². The Morgan fingerprint density at radius 1 is 1.23 bits per heavy atom. The summed E-state index contributed by atoms with van der Waals surface area (Å²) in [5.74, 6) is -4.18. The topological polar surface area (TPSA) is 71.0 Å². The predicted octanol–water partition coefficient (Wildman–Crippen LogP) is 5.53. The van der Waals surface area contributed by atoms with E-state index in [2.05, 4.69) is 20.3 Å². The SMILES string of the molecule is Cc1nc(C(=O)N2CC(F)(F)C[C@@H](C)C2CNc2ccc(C(F)(F)F)cn2)c(-c2ccccn2)s1. The smallest absolute Gasteiger partial charge is 0.368 e. The predicted molar refractivity (Wildman–Crippen MR) is 121 cm³/mol. The van der Waals surface area contributed by atoms with Gasteiger partial charge in [-0.25, -0.2) is 18.7 Å². The summed E-state index contributed by atoms with van der Waals surface area (Å²) in [6.45, 7) is 2.58. The number of thiazole rings is 1. The van der Waals surface area contributed by atoms with E-state index in [1.807, 2.05) is 0 Å². The van der Waals surface area contributed by atoms with Crippen LogP contribution in [-0.2, 0) is 6.18 Å². The fourth-order valence-electron chi connectivity index (χ4n) is 4.13. The van der Waals surface area contributed by atoms with Gasteiger partial charge in [0.05, 0.1) is 33.7 Å². The average Bonchev–Trinajstić information content (AvgIpc) is 3.19. The molecule has 1 aliphatic rings. The van der Waals surface area contributed by atoms with Crippen molar-refractivity contribution in [1.82, 2.24) is 19.9 Å². The molecule has 1 saturated heterocycles. The van der Waals surface area contributed by atoms with Crippen molar-refractivity contribution in [3.63, 3.8) is 0 Å². The molecule has 0 bridgehead atoms. The minimum atomic E-state index is -4.52. The van der Waals surface area contributed by atoms with Gasteiger partial charge in [0.15, 0.2) is 0 Å². The number of hydrogen-bond donors (Lipinski definition) is 1. The van der Waals surface area contributed by atoms with Crippen LogP contribution < -0.4 is 5.32 Å². The second-order valence-electron chi connectivity index (χ2n) is 8.47. The van der Waals surface area contributed by atoms with Crippen molar-refractivity contribution < 1.29 is 26.7 Å². The van der Waals surface area contributed by atoms with Crippen molar-refractivity contribution in [2.24, 2.45) is 5.92 Å². The molecule has 0 saturated carbocycles. The van der Waals surface area contributed by atoms with Gasteiger partial charge in [0.1, 0.15) is 11.5 Å². The molecule has 0 radical (unpaired) electrons. The third-order valence-corrected chi connectivity index (χ3v) is 6.75. The fraction of sp³-hybridized carbons (Fsp3) is 0.391. The molecule has 186 valence electrons. The maximum atomic E-state index is 14.5. The number of hydrogen-bond acceptors (Lipinski definition) is 6. The van der Waals surface area contributed by atoms with E-state index in [4.69, 9.17) is 0 Å². The summed E-state index contributed by atoms with van der Waals surface area (Å²) in [7, 11) is 0. The summed E-state index contributed by atoms with van der Waals surface area (Å²) in [5, 5.41) is 3.48. The molecule has 1 amide bonds. The molecular weight excluding hydrogens is 489 g/mol. The molecule has 4 rings (SSSR count). The highest BCUT2D eigenvalue weighted by molar-refractivity contribution is 7.15. The van der Waals surface area contributed by atoms with E-state index in [-0.39, 0.29) is 18.1 Å². The number of nitrogens with zero attached hydrogens (tertiary/aromatic N) is 4. The Bertz CT molecular complexity index is 1180. The number of amides is 1. The summed E-state index contributed by atoms with van der Waals surface area (Å²) in [6, 6.07) is 6.58. The molecule has 0 spiro atoms. The second kappa shape index (κ2) is 9.48. The Morgan fingerprint density at radius 2 is 2.00 bits per heavy atom. The van der Waals surface area contributed by atoms with Crippen LogP contribution in [0.2, 0.25) is 0 Å². The van der Waals surface area contributed by atoms with E-state index in [1.165, 1.54) is 17.4 Å². The molecule has 2 atom stereocenters. The molecule has 1 N–H and O–H groups in total. The maximum Gasteiger partial charge on any atom is 0.417 e. The first kappa shape index (κ1) is 25.0. The zero-order chi connectivity index (χ0) is 25.4. The van der Waals surface area contributed by atoms with Crippen LogP contribution in [0.1, 0.15) is 34.4 Å². The van der Waals surface area contributed by atoms with Gasteiger partial charge in [-0.05, 0) is 37.1 Å². The van der Waals surface area contributed by atoms with E-state index in [0.29, 0.717) is 21.8 Å². The number of piperidine rings is 1. The number of aromatic nitrogens is 3. The van der Waals surface area contributed by atoms with Gasteiger partial charge < -0.3 is 10.2 Å². The standard InChI is InChI=1S/C23H22F5N5OS/c1-13-9-22(24,25)12-33(17(13)11-31-18-7-6-15(10-30-18)23(26,27)28)21(34)19-20(35-14(2)32-19)16-5-3-4-8-29-16/h3-8,10,13,17H,9,11-12H2,1-2H3,(H,30,31)/t13-,17?/m1/s1. The summed E-state index contributed by atoms with van der Waals surface area (Å²) < 4.78 is 67.5. The third-order valence-electron chi connectivity index (χ3n) is 5.76. The van der Waals surface area contributed by atoms with Gasteiger partial charge in [-0.1, -0.05) is 13.0 Å². The van der Waals surface area contributed by atoms with Crippen LogP contribution in [0.25, 0.3) is 10.6 Å². The molecule has 1 aliphatic heterocycles. The van der Waals surface area contributed by atoms with Crippen molar-refractivity contribution in [3.05, 3.63) is 59.0 Å². The Morgan fingerprint density at radius 3 is 2.63 bits per heavy atom. The van der Waals surface area contributed by atoms with Crippen LogP contribution in [0.4, 0.5) is 27.8 Å². The van der Waals surface area contributed by atoms with E-state index in [1.54, 1.807) is 38.2 Å². The third kappa shape index (κ3) is 5.58. The minimum absolute atomic E-state index is 0.0311. The molecule has 3 aromatic heterocycles. The van der Waals surface area contributed by atoms with Crippen LogP contribution in [0.3, 0.4) is 0 Å². The first-order valence-corrected chi connectivity index (χ1v) is 11.6. The number of alkyl halides is 5. The number of nitrogens with one attached hydrogen (secondary N) is 1. The quantitative estimate of drug-likeness (QED) is 0.457. The van der Waals surface area contributed by atoms with Crippen molar-refractivity contribution >= 4 is 23.1 Å². The van der Waals surface area contributed by atoms with Gasteiger partial charge in [0, 0.05) is 25.4 Å². The molecule has 35 heavy (non-hydrogen) atoms. The number of carbonyl (C=O) groups excluding carboxylic acids is 1. The first-order chi connectivity index (χ1) is 16.4. The van der Waals surface area contributed by atoms with E-state index >= 15 is 0 Å². The lowest BCUT2D eigenvalue weighted by atomic mass is 9.88. The number of aryl methyl sites for hydroxylation is 1. The van der Waals surface area contributed by atoms with Crippen LogP contribution >= 0.6 is 11.3 Å². The molecule has 6 nitrogen and oxygen atoms in total. The monoisotopic (exact) mass is 511 g/mol. The summed E-state index contributed by atoms with van der Waals surface area (Å²) in [6.07, 6.45) is -2.68. The lowest BCUT2D eigenvalue weighted by molar-refractivity contribution is -0.137. The summed E-state index contributed by atoms with van der Waals surface area (Å²) in [5.41, 5.74) is -0.331. The lowest BCUT2D eigenvalue weighted by Crippen LogP contribution is -2.57. The average molecular weight is 512 g/mol. The van der Waals surface area contributed by atoms with E-state index in [9.17, 15) is 26.7 Å². The van der Waals surface area contributed by atoms with Gasteiger partial charge in [-0.15, -0.1) is 11.3 Å². The normalized spacial score (nSPS) is 20.0. The van der Waals surface area contributed by atoms with Crippen LogP contribution in [0.15, 0.2) is 42.7 Å². The van der Waals surface area contributed by atoms with Gasteiger partial charge in [0.2, 0.25) is 0 Å². The highest BCUT2D eigenvalue weighted by Crippen LogP contribution is 2.37. The molecule has 12 heteroatoms. The van der Waals surface area contributed by atoms with Gasteiger partial charge in [0.25, 0.3) is 11.8 Å². The highest BCUT2D eigenvalue weighted by Gasteiger charge is 2.47. The van der Waals surface area contributed by atoms with Gasteiger partial charge >= 0.3 is 6.18 Å². The Labute approximate surface area is 202 Å². The number of pyridine rings is 2. The Balaban J connectivity index is 1.60. The maximum absolute atomic E-state index is 14.5. The zero-order valence-electron chi connectivity index (χ0n) is 18.8. The van der Waals surface area contributed by atoms with Crippen molar-refractivity contribution in [2.45, 2.75) is 38.4 Å². The summed E-state index contributed by atoms with van der Waals surface area (Å²) in [4.78, 5) is 27.5. The number of halogens is 5. The Kier molecular flexibility index (Phi) is 6.76. The van der Waals surface area contributed by atoms with Crippen molar-refractivity contribution in [2.75, 3.05) is 18.4 Å². The van der Waals surface area contributed by atoms with E-state index < -0.39 is 48.5 Å². The Hall–Kier alpha value is -3.15. The number of rotatable bonds is 5. The van der Waals surface area contributed by atoms with Crippen LogP contribution in [0.5, 0.6) is 0 Å². The van der Waals surface area contributed by atoms with Crippen molar-refractivity contribution in [3.8, 4) is 10.6 Å². The molecule has 0 aliphatic carbocycles.